The molecule has 1 aliphatic rings. The number of ether oxygens (including phenoxy) is 1. The molecule has 1 fully saturated rings. The van der Waals surface area contributed by atoms with Crippen molar-refractivity contribution in [2.75, 3.05) is 19.7 Å². The van der Waals surface area contributed by atoms with Crippen LogP contribution in [0.15, 0.2) is 65.6 Å². The third kappa shape index (κ3) is 5.38. The van der Waals surface area contributed by atoms with E-state index in [-0.39, 0.29) is 30.0 Å². The molecule has 2 aromatic rings. The summed E-state index contributed by atoms with van der Waals surface area (Å²) in [5, 5.41) is 2.79. The van der Waals surface area contributed by atoms with Crippen LogP contribution in [0.3, 0.4) is 0 Å². The molecule has 0 aliphatic carbocycles. The van der Waals surface area contributed by atoms with E-state index in [1.54, 1.807) is 18.2 Å². The van der Waals surface area contributed by atoms with Crippen molar-refractivity contribution in [3.63, 3.8) is 0 Å². The van der Waals surface area contributed by atoms with Gasteiger partial charge in [-0.05, 0) is 30.5 Å². The SMILES string of the molecule is O=C(CN(Cc1ccccc1)S(=O)(=O)c1ccccc1)NC[C@H]1CCCO1. The zero-order valence-electron chi connectivity index (χ0n) is 15.1. The van der Waals surface area contributed by atoms with E-state index in [0.29, 0.717) is 13.2 Å². The fourth-order valence-corrected chi connectivity index (χ4v) is 4.41. The summed E-state index contributed by atoms with van der Waals surface area (Å²) < 4.78 is 32.8. The maximum atomic E-state index is 13.1. The number of rotatable bonds is 8. The smallest absolute Gasteiger partial charge is 0.243 e. The van der Waals surface area contributed by atoms with E-state index in [4.69, 9.17) is 4.74 Å². The Morgan fingerprint density at radius 1 is 1.07 bits per heavy atom. The lowest BCUT2D eigenvalue weighted by molar-refractivity contribution is -0.121. The number of carbonyl (C=O) groups is 1. The monoisotopic (exact) mass is 388 g/mol. The summed E-state index contributed by atoms with van der Waals surface area (Å²) >= 11 is 0. The fraction of sp³-hybridized carbons (Fsp3) is 0.350. The summed E-state index contributed by atoms with van der Waals surface area (Å²) in [6.45, 7) is 1.01. The molecule has 0 aromatic heterocycles. The maximum Gasteiger partial charge on any atom is 0.243 e. The van der Waals surface area contributed by atoms with Gasteiger partial charge >= 0.3 is 0 Å². The second-order valence-electron chi connectivity index (χ2n) is 6.51. The molecule has 1 amide bonds. The third-order valence-corrected chi connectivity index (χ3v) is 6.26. The Morgan fingerprint density at radius 3 is 2.37 bits per heavy atom. The summed E-state index contributed by atoms with van der Waals surface area (Å²) in [7, 11) is -3.79. The summed E-state index contributed by atoms with van der Waals surface area (Å²) in [4.78, 5) is 12.6. The lowest BCUT2D eigenvalue weighted by Crippen LogP contribution is -2.42. The summed E-state index contributed by atoms with van der Waals surface area (Å²) in [6.07, 6.45) is 1.92. The van der Waals surface area contributed by atoms with Crippen LogP contribution in [0.5, 0.6) is 0 Å². The average Bonchev–Trinajstić information content (AvgIpc) is 3.21. The highest BCUT2D eigenvalue weighted by atomic mass is 32.2. The second kappa shape index (κ2) is 9.12. The van der Waals surface area contributed by atoms with Crippen molar-refractivity contribution in [2.45, 2.75) is 30.4 Å². The maximum absolute atomic E-state index is 13.1. The first-order chi connectivity index (χ1) is 13.1. The van der Waals surface area contributed by atoms with Gasteiger partial charge in [0.25, 0.3) is 0 Å². The van der Waals surface area contributed by atoms with E-state index >= 15 is 0 Å². The molecule has 6 nitrogen and oxygen atoms in total. The van der Waals surface area contributed by atoms with Gasteiger partial charge in [-0.2, -0.15) is 4.31 Å². The van der Waals surface area contributed by atoms with Crippen LogP contribution in [-0.4, -0.2) is 44.4 Å². The van der Waals surface area contributed by atoms with Crippen LogP contribution in [0.2, 0.25) is 0 Å². The van der Waals surface area contributed by atoms with Crippen LogP contribution in [-0.2, 0) is 26.1 Å². The lowest BCUT2D eigenvalue weighted by atomic mass is 10.2. The standard InChI is InChI=1S/C20H24N2O4S/c23-20(21-14-18-10-7-13-26-18)16-22(15-17-8-3-1-4-9-17)27(24,25)19-11-5-2-6-12-19/h1-6,8-9,11-12,18H,7,10,13-16H2,(H,21,23)/t18-/m1/s1. The third-order valence-electron chi connectivity index (χ3n) is 4.45. The van der Waals surface area contributed by atoms with Crippen molar-refractivity contribution < 1.29 is 17.9 Å². The van der Waals surface area contributed by atoms with E-state index in [1.807, 2.05) is 30.3 Å². The number of carbonyl (C=O) groups excluding carboxylic acids is 1. The zero-order chi connectivity index (χ0) is 19.1. The number of nitrogens with one attached hydrogen (secondary N) is 1. The van der Waals surface area contributed by atoms with Crippen molar-refractivity contribution in [3.05, 3.63) is 66.2 Å². The number of amides is 1. The molecular formula is C20H24N2O4S. The van der Waals surface area contributed by atoms with Crippen molar-refractivity contribution >= 4 is 15.9 Å². The van der Waals surface area contributed by atoms with Crippen LogP contribution >= 0.6 is 0 Å². The zero-order valence-corrected chi connectivity index (χ0v) is 15.9. The molecule has 2 aromatic carbocycles. The average molecular weight is 388 g/mol. The minimum Gasteiger partial charge on any atom is -0.376 e. The van der Waals surface area contributed by atoms with Crippen molar-refractivity contribution in [1.82, 2.24) is 9.62 Å². The minimum atomic E-state index is -3.79. The van der Waals surface area contributed by atoms with Crippen LogP contribution in [0.1, 0.15) is 18.4 Å². The molecule has 1 heterocycles. The molecule has 0 unspecified atom stereocenters. The number of hydrogen-bond donors (Lipinski definition) is 1. The van der Waals surface area contributed by atoms with Gasteiger partial charge in [0.2, 0.25) is 15.9 Å². The highest BCUT2D eigenvalue weighted by molar-refractivity contribution is 7.89. The van der Waals surface area contributed by atoms with Gasteiger partial charge in [-0.1, -0.05) is 48.5 Å². The van der Waals surface area contributed by atoms with E-state index in [0.717, 1.165) is 18.4 Å². The Balaban J connectivity index is 1.74. The molecule has 27 heavy (non-hydrogen) atoms. The molecule has 3 rings (SSSR count). The van der Waals surface area contributed by atoms with Gasteiger partial charge in [-0.15, -0.1) is 0 Å². The molecule has 1 aliphatic heterocycles. The van der Waals surface area contributed by atoms with Gasteiger partial charge in [0.05, 0.1) is 17.5 Å². The van der Waals surface area contributed by atoms with E-state index in [2.05, 4.69) is 5.32 Å². The first-order valence-electron chi connectivity index (χ1n) is 9.03. The Labute approximate surface area is 160 Å². The molecule has 1 N–H and O–H groups in total. The Bertz CT molecular complexity index is 835. The predicted octanol–water partition coefficient (Wildman–Crippen LogP) is 2.17. The highest BCUT2D eigenvalue weighted by Crippen LogP contribution is 2.18. The van der Waals surface area contributed by atoms with Crippen molar-refractivity contribution in [1.29, 1.82) is 0 Å². The van der Waals surface area contributed by atoms with Crippen LogP contribution in [0.25, 0.3) is 0 Å². The van der Waals surface area contributed by atoms with Gasteiger partial charge in [0.1, 0.15) is 0 Å². The lowest BCUT2D eigenvalue weighted by Gasteiger charge is -2.22. The predicted molar refractivity (Wildman–Crippen MR) is 102 cm³/mol. The summed E-state index contributed by atoms with van der Waals surface area (Å²) in [5.41, 5.74) is 0.823. The summed E-state index contributed by atoms with van der Waals surface area (Å²) in [6, 6.07) is 17.4. The van der Waals surface area contributed by atoms with E-state index < -0.39 is 10.0 Å². The Morgan fingerprint density at radius 2 is 1.74 bits per heavy atom. The Kier molecular flexibility index (Phi) is 6.60. The van der Waals surface area contributed by atoms with Crippen LogP contribution in [0.4, 0.5) is 0 Å². The molecule has 7 heteroatoms. The first-order valence-corrected chi connectivity index (χ1v) is 10.5. The first kappa shape index (κ1) is 19.5. The van der Waals surface area contributed by atoms with Gasteiger partial charge in [0.15, 0.2) is 0 Å². The van der Waals surface area contributed by atoms with Gasteiger partial charge in [0, 0.05) is 19.7 Å². The van der Waals surface area contributed by atoms with E-state index in [1.165, 1.54) is 16.4 Å². The van der Waals surface area contributed by atoms with Gasteiger partial charge < -0.3 is 10.1 Å². The molecule has 0 spiro atoms. The molecule has 0 bridgehead atoms. The molecule has 0 saturated carbocycles. The van der Waals surface area contributed by atoms with Crippen LogP contribution < -0.4 is 5.32 Å². The molecule has 1 atom stereocenters. The Hall–Kier alpha value is -2.22. The quantitative estimate of drug-likeness (QED) is 0.752. The molecule has 144 valence electrons. The molecular weight excluding hydrogens is 364 g/mol. The van der Waals surface area contributed by atoms with E-state index in [9.17, 15) is 13.2 Å². The largest absolute Gasteiger partial charge is 0.376 e. The summed E-state index contributed by atoms with van der Waals surface area (Å²) in [5.74, 6) is -0.332. The highest BCUT2D eigenvalue weighted by Gasteiger charge is 2.27. The topological polar surface area (TPSA) is 75.7 Å². The number of benzene rings is 2. The second-order valence-corrected chi connectivity index (χ2v) is 8.45. The number of hydrogen-bond acceptors (Lipinski definition) is 4. The normalized spacial score (nSPS) is 17.1. The molecule has 0 radical (unpaired) electrons. The van der Waals surface area contributed by atoms with Crippen molar-refractivity contribution in [2.24, 2.45) is 0 Å². The number of nitrogens with zero attached hydrogens (tertiary/aromatic N) is 1. The van der Waals surface area contributed by atoms with Crippen LogP contribution in [0, 0.1) is 0 Å². The molecule has 1 saturated heterocycles. The van der Waals surface area contributed by atoms with Gasteiger partial charge in [-0.25, -0.2) is 8.42 Å². The van der Waals surface area contributed by atoms with Crippen molar-refractivity contribution in [3.8, 4) is 0 Å². The van der Waals surface area contributed by atoms with Gasteiger partial charge in [-0.3, -0.25) is 4.79 Å². The minimum absolute atomic E-state index is 0.0160. The number of sulfonamides is 1. The fourth-order valence-electron chi connectivity index (χ4n) is 3.00.